The molecule has 5 heteroatoms. The molecule has 19 heavy (non-hydrogen) atoms. The summed E-state index contributed by atoms with van der Waals surface area (Å²) < 4.78 is 0. The number of hydrogen-bond acceptors (Lipinski definition) is 2. The fraction of sp³-hybridized carbons (Fsp3) is 0.143. The molecule has 2 aromatic rings. The van der Waals surface area contributed by atoms with Crippen LogP contribution in [0.4, 0.5) is 5.69 Å². The molecule has 1 N–H and O–H groups in total. The summed E-state index contributed by atoms with van der Waals surface area (Å²) in [7, 11) is 0. The molecule has 0 aliphatic rings. The van der Waals surface area contributed by atoms with Gasteiger partial charge in [0.1, 0.15) is 5.15 Å². The lowest BCUT2D eigenvalue weighted by molar-refractivity contribution is 0.102. The second-order valence-corrected chi connectivity index (χ2v) is 5.05. The predicted molar refractivity (Wildman–Crippen MR) is 78.1 cm³/mol. The van der Waals surface area contributed by atoms with E-state index < -0.39 is 0 Å². The lowest BCUT2D eigenvalue weighted by Crippen LogP contribution is -2.13. The van der Waals surface area contributed by atoms with Crippen molar-refractivity contribution in [1.29, 1.82) is 0 Å². The van der Waals surface area contributed by atoms with Crippen LogP contribution < -0.4 is 5.32 Å². The Kier molecular flexibility index (Phi) is 4.08. The van der Waals surface area contributed by atoms with Gasteiger partial charge in [-0.05, 0) is 37.1 Å². The van der Waals surface area contributed by atoms with Crippen molar-refractivity contribution in [2.75, 3.05) is 5.32 Å². The van der Waals surface area contributed by atoms with Crippen LogP contribution in [0.1, 0.15) is 21.5 Å². The molecule has 0 atom stereocenters. The summed E-state index contributed by atoms with van der Waals surface area (Å²) in [5, 5.41) is 3.33. The van der Waals surface area contributed by atoms with Gasteiger partial charge in [0.2, 0.25) is 0 Å². The average molecular weight is 295 g/mol. The van der Waals surface area contributed by atoms with Crippen LogP contribution in [0, 0.1) is 13.8 Å². The number of benzene rings is 1. The van der Waals surface area contributed by atoms with E-state index in [0.29, 0.717) is 5.56 Å². The largest absolute Gasteiger partial charge is 0.322 e. The third-order valence-electron chi connectivity index (χ3n) is 2.71. The Morgan fingerprint density at radius 3 is 2.68 bits per heavy atom. The van der Waals surface area contributed by atoms with E-state index in [4.69, 9.17) is 23.2 Å². The van der Waals surface area contributed by atoms with E-state index in [9.17, 15) is 4.79 Å². The van der Waals surface area contributed by atoms with E-state index in [0.717, 1.165) is 16.8 Å². The first-order valence-corrected chi connectivity index (χ1v) is 6.42. The number of pyridine rings is 1. The quantitative estimate of drug-likeness (QED) is 0.841. The first-order chi connectivity index (χ1) is 8.97. The second-order valence-electron chi connectivity index (χ2n) is 4.26. The van der Waals surface area contributed by atoms with Crippen LogP contribution in [0.3, 0.4) is 0 Å². The molecule has 3 nitrogen and oxygen atoms in total. The molecule has 0 fully saturated rings. The summed E-state index contributed by atoms with van der Waals surface area (Å²) in [4.78, 5) is 16.0. The molecule has 0 spiro atoms. The van der Waals surface area contributed by atoms with Crippen LogP contribution in [-0.2, 0) is 0 Å². The fourth-order valence-corrected chi connectivity index (χ4v) is 1.99. The summed E-state index contributed by atoms with van der Waals surface area (Å²) in [6.45, 7) is 3.89. The minimum absolute atomic E-state index is 0.232. The van der Waals surface area contributed by atoms with E-state index in [2.05, 4.69) is 10.3 Å². The van der Waals surface area contributed by atoms with Crippen molar-refractivity contribution in [2.24, 2.45) is 0 Å². The van der Waals surface area contributed by atoms with Crippen LogP contribution in [-0.4, -0.2) is 10.9 Å². The Morgan fingerprint density at radius 2 is 1.95 bits per heavy atom. The van der Waals surface area contributed by atoms with Gasteiger partial charge >= 0.3 is 0 Å². The van der Waals surface area contributed by atoms with Gasteiger partial charge in [0.05, 0.1) is 10.6 Å². The summed E-state index contributed by atoms with van der Waals surface area (Å²) in [6.07, 6.45) is 1.36. The number of rotatable bonds is 2. The molecule has 2 rings (SSSR count). The molecule has 0 radical (unpaired) electrons. The maximum Gasteiger partial charge on any atom is 0.257 e. The van der Waals surface area contributed by atoms with Gasteiger partial charge in [0.15, 0.2) is 0 Å². The van der Waals surface area contributed by atoms with Crippen LogP contribution >= 0.6 is 23.2 Å². The Balaban J connectivity index is 2.30. The molecule has 1 amide bonds. The van der Waals surface area contributed by atoms with E-state index in [1.807, 2.05) is 32.0 Å². The highest BCUT2D eigenvalue weighted by Gasteiger charge is 2.13. The summed E-state index contributed by atoms with van der Waals surface area (Å²) in [6, 6.07) is 7.29. The van der Waals surface area contributed by atoms with Crippen molar-refractivity contribution in [1.82, 2.24) is 4.98 Å². The maximum absolute atomic E-state index is 12.2. The number of carbonyl (C=O) groups is 1. The zero-order valence-electron chi connectivity index (χ0n) is 10.5. The number of anilines is 1. The number of amides is 1. The van der Waals surface area contributed by atoms with Gasteiger partial charge < -0.3 is 5.32 Å². The molecule has 0 bridgehead atoms. The fourth-order valence-electron chi connectivity index (χ4n) is 1.65. The average Bonchev–Trinajstić information content (AvgIpc) is 2.36. The van der Waals surface area contributed by atoms with Crippen molar-refractivity contribution in [3.63, 3.8) is 0 Å². The van der Waals surface area contributed by atoms with Crippen molar-refractivity contribution in [3.8, 4) is 0 Å². The zero-order chi connectivity index (χ0) is 14.0. The molecule has 0 saturated heterocycles. The number of aryl methyl sites for hydroxylation is 2. The van der Waals surface area contributed by atoms with E-state index in [1.54, 1.807) is 0 Å². The molecule has 0 aliphatic carbocycles. The molecule has 0 saturated carbocycles. The summed E-state index contributed by atoms with van der Waals surface area (Å²) >= 11 is 11.7. The van der Waals surface area contributed by atoms with Gasteiger partial charge in [0, 0.05) is 11.9 Å². The van der Waals surface area contributed by atoms with Gasteiger partial charge in [0.25, 0.3) is 5.91 Å². The molecule has 98 valence electrons. The van der Waals surface area contributed by atoms with Crippen LogP contribution in [0.2, 0.25) is 10.2 Å². The number of carbonyl (C=O) groups excluding carboxylic acids is 1. The smallest absolute Gasteiger partial charge is 0.257 e. The lowest BCUT2D eigenvalue weighted by atomic mass is 10.1. The normalized spacial score (nSPS) is 10.3. The highest BCUT2D eigenvalue weighted by Crippen LogP contribution is 2.21. The Hall–Kier alpha value is -1.58. The Labute approximate surface area is 121 Å². The highest BCUT2D eigenvalue weighted by molar-refractivity contribution is 6.35. The van der Waals surface area contributed by atoms with Crippen molar-refractivity contribution >= 4 is 34.8 Å². The van der Waals surface area contributed by atoms with Crippen molar-refractivity contribution in [2.45, 2.75) is 13.8 Å². The molecule has 1 aromatic heterocycles. The number of aromatic nitrogens is 1. The first kappa shape index (κ1) is 13.8. The van der Waals surface area contributed by atoms with E-state index in [1.165, 1.54) is 12.3 Å². The second kappa shape index (κ2) is 5.59. The number of nitrogens with zero attached hydrogens (tertiary/aromatic N) is 1. The van der Waals surface area contributed by atoms with Gasteiger partial charge in [-0.3, -0.25) is 4.79 Å². The predicted octanol–water partition coefficient (Wildman–Crippen LogP) is 4.26. The third kappa shape index (κ3) is 3.25. The Morgan fingerprint density at radius 1 is 1.21 bits per heavy atom. The summed E-state index contributed by atoms with van der Waals surface area (Å²) in [5.74, 6) is -0.303. The molecule has 1 aromatic carbocycles. The zero-order valence-corrected chi connectivity index (χ0v) is 12.0. The number of halogens is 2. The summed E-state index contributed by atoms with van der Waals surface area (Å²) in [5.41, 5.74) is 3.12. The van der Waals surface area contributed by atoms with Crippen molar-refractivity contribution in [3.05, 3.63) is 57.3 Å². The van der Waals surface area contributed by atoms with Gasteiger partial charge in [-0.25, -0.2) is 4.98 Å². The standard InChI is InChI=1S/C14H12Cl2N2O/c1-8-3-4-9(2)12(5-8)18-14(19)10-6-13(16)17-7-11(10)15/h3-7H,1-2H3,(H,18,19). The minimum atomic E-state index is -0.303. The first-order valence-electron chi connectivity index (χ1n) is 5.67. The van der Waals surface area contributed by atoms with Crippen LogP contribution in [0.15, 0.2) is 30.5 Å². The molecular weight excluding hydrogens is 283 g/mol. The van der Waals surface area contributed by atoms with Gasteiger partial charge in [-0.1, -0.05) is 35.3 Å². The maximum atomic E-state index is 12.2. The molecule has 1 heterocycles. The number of hydrogen-bond donors (Lipinski definition) is 1. The van der Waals surface area contributed by atoms with Gasteiger partial charge in [-0.2, -0.15) is 0 Å². The Bertz CT molecular complexity index is 641. The van der Waals surface area contributed by atoms with Crippen LogP contribution in [0.5, 0.6) is 0 Å². The topological polar surface area (TPSA) is 42.0 Å². The molecule has 0 unspecified atom stereocenters. The number of nitrogens with one attached hydrogen (secondary N) is 1. The van der Waals surface area contributed by atoms with Gasteiger partial charge in [-0.15, -0.1) is 0 Å². The SMILES string of the molecule is Cc1ccc(C)c(NC(=O)c2cc(Cl)ncc2Cl)c1. The van der Waals surface area contributed by atoms with E-state index in [-0.39, 0.29) is 16.1 Å². The molecule has 0 aliphatic heterocycles. The van der Waals surface area contributed by atoms with E-state index >= 15 is 0 Å². The highest BCUT2D eigenvalue weighted by atomic mass is 35.5. The third-order valence-corrected chi connectivity index (χ3v) is 3.22. The molecular formula is C14H12Cl2N2O. The van der Waals surface area contributed by atoms with Crippen LogP contribution in [0.25, 0.3) is 0 Å². The monoisotopic (exact) mass is 294 g/mol. The lowest BCUT2D eigenvalue weighted by Gasteiger charge is -2.10. The van der Waals surface area contributed by atoms with Crippen molar-refractivity contribution < 1.29 is 4.79 Å². The minimum Gasteiger partial charge on any atom is -0.322 e.